The van der Waals surface area contributed by atoms with Crippen molar-refractivity contribution in [1.82, 2.24) is 0 Å². The molecule has 4 aliphatic carbocycles. The molecule has 2 nitrogen and oxygen atoms in total. The first-order valence-corrected chi connectivity index (χ1v) is 24.0. The Morgan fingerprint density at radius 1 is 0.754 bits per heavy atom. The van der Waals surface area contributed by atoms with Crippen molar-refractivity contribution in [1.29, 1.82) is 0 Å². The molecule has 0 spiro atoms. The van der Waals surface area contributed by atoms with Crippen molar-refractivity contribution < 1.29 is 26.7 Å². The molecule has 5 aliphatic rings. The van der Waals surface area contributed by atoms with E-state index in [1.54, 1.807) is 0 Å². The number of fused-ring (bicyclic) bond motifs is 6. The Bertz CT molecular complexity index is 2070. The van der Waals surface area contributed by atoms with Crippen LogP contribution in [0.15, 0.2) is 91.1 Å². The number of ether oxygens (including phenoxy) is 1. The zero-order valence-corrected chi connectivity index (χ0v) is 34.9. The number of hydrogen-bond acceptors (Lipinski definition) is 2. The first kappa shape index (κ1) is 40.0. The van der Waals surface area contributed by atoms with E-state index in [1.807, 2.05) is 17.0 Å². The third-order valence-corrected chi connectivity index (χ3v) is 20.3. The van der Waals surface area contributed by atoms with Crippen molar-refractivity contribution >= 4 is 19.3 Å². The fourth-order valence-corrected chi connectivity index (χ4v) is 18.6. The Morgan fingerprint density at radius 3 is 2.14 bits per heavy atom. The van der Waals surface area contributed by atoms with Gasteiger partial charge in [-0.15, -0.1) is 0 Å². The molecule has 0 aromatic heterocycles. The van der Waals surface area contributed by atoms with Gasteiger partial charge >= 0.3 is 0 Å². The highest BCUT2D eigenvalue weighted by molar-refractivity contribution is 6.82. The van der Waals surface area contributed by atoms with Crippen LogP contribution in [0, 0.1) is 59.7 Å². The second-order valence-corrected chi connectivity index (χ2v) is 23.5. The summed E-state index contributed by atoms with van der Waals surface area (Å²) in [5.41, 5.74) is 5.74. The third kappa shape index (κ3) is 7.21. The largest absolute Gasteiger partial charge is 0.376 e. The minimum atomic E-state index is -2.31. The first-order chi connectivity index (χ1) is 27.3. The zero-order chi connectivity index (χ0) is 40.2. The van der Waals surface area contributed by atoms with Gasteiger partial charge in [0.25, 0.3) is 0 Å². The van der Waals surface area contributed by atoms with E-state index in [0.717, 1.165) is 61.9 Å². The van der Waals surface area contributed by atoms with E-state index in [1.165, 1.54) is 17.2 Å². The average molecular weight is 798 g/mol. The molecule has 1 aliphatic heterocycles. The molecule has 0 radical (unpaired) electrons. The number of allylic oxidation sites excluding steroid dienone is 7. The number of benzene rings is 3. The number of halogens is 5. The molecule has 57 heavy (non-hydrogen) atoms. The van der Waals surface area contributed by atoms with Gasteiger partial charge in [-0.3, -0.25) is 0 Å². The Kier molecular flexibility index (Phi) is 11.1. The number of hydrogen-bond donors (Lipinski definition) is 0. The lowest BCUT2D eigenvalue weighted by Crippen LogP contribution is -2.47. The van der Waals surface area contributed by atoms with E-state index < -0.39 is 49.3 Å². The van der Waals surface area contributed by atoms with Crippen LogP contribution in [0.4, 0.5) is 27.6 Å². The van der Waals surface area contributed by atoms with E-state index in [2.05, 4.69) is 113 Å². The van der Waals surface area contributed by atoms with Crippen LogP contribution in [0.3, 0.4) is 0 Å². The second-order valence-electron chi connectivity index (χ2n) is 18.6. The molecule has 9 unspecified atom stereocenters. The van der Waals surface area contributed by atoms with Gasteiger partial charge in [0.15, 0.2) is 23.3 Å². The van der Waals surface area contributed by atoms with Gasteiger partial charge in [-0.2, -0.15) is 0 Å². The molecule has 8 heteroatoms. The molecule has 8 rings (SSSR count). The van der Waals surface area contributed by atoms with Gasteiger partial charge < -0.3 is 9.64 Å². The summed E-state index contributed by atoms with van der Waals surface area (Å²) in [5.74, 6) is -8.25. The van der Waals surface area contributed by atoms with Crippen LogP contribution in [0.25, 0.3) is 5.57 Å². The minimum absolute atomic E-state index is 0.0271. The third-order valence-electron chi connectivity index (χ3n) is 14.2. The van der Waals surface area contributed by atoms with Gasteiger partial charge in [-0.1, -0.05) is 129 Å². The van der Waals surface area contributed by atoms with E-state index in [-0.39, 0.29) is 29.4 Å². The summed E-state index contributed by atoms with van der Waals surface area (Å²) in [4.78, 5) is 2.00. The standard InChI is InChI=1S/C49H56F5NOSi/c1-30-22-24-39-37(28-30)41-47(55(39)29-38-42(50)44(52)46(54)45(53)43(38)51)35-18-11-12-19-36(35)48(41)57(5,27-14-7-6-13-26-56-49(2,3)4)40-25-23-33-32(20-15-21-34(33)40)31-16-9-8-10-17-31/h8-12,15-22,24,28,33-36,40-41,47-48H,6-7,13-14,23,25-27,29H2,1-5H3. The Labute approximate surface area is 336 Å². The number of aryl methyl sites for hydroxylation is 1. The van der Waals surface area contributed by atoms with Crippen molar-refractivity contribution in [3.8, 4) is 0 Å². The summed E-state index contributed by atoms with van der Waals surface area (Å²) in [5, 5.41) is 0. The average Bonchev–Trinajstić information content (AvgIpc) is 3.88. The van der Waals surface area contributed by atoms with Crippen LogP contribution < -0.4 is 4.90 Å². The highest BCUT2D eigenvalue weighted by Gasteiger charge is 2.64. The van der Waals surface area contributed by atoms with Crippen molar-refractivity contribution in [2.24, 2.45) is 23.7 Å². The summed E-state index contributed by atoms with van der Waals surface area (Å²) in [6.07, 6.45) is 22.7. The van der Waals surface area contributed by atoms with Crippen LogP contribution in [0.1, 0.15) is 87.5 Å². The highest BCUT2D eigenvalue weighted by atomic mass is 28.3. The SMILES string of the molecule is Cc1ccc2c(c1)C1C(C3C=CC=CC3C1[Si](C)(CCCCCCOC(C)(C)C)C1CCC3C(c4ccccc4)=CC=CC31)N2Cc1c(F)c(F)c(F)c(F)c1F. The lowest BCUT2D eigenvalue weighted by atomic mass is 9.81. The maximum Gasteiger partial charge on any atom is 0.200 e. The van der Waals surface area contributed by atoms with E-state index >= 15 is 8.78 Å². The topological polar surface area (TPSA) is 12.5 Å². The molecule has 0 N–H and O–H groups in total. The Balaban J connectivity index is 1.19. The smallest absolute Gasteiger partial charge is 0.200 e. The Morgan fingerprint density at radius 2 is 1.42 bits per heavy atom. The van der Waals surface area contributed by atoms with Crippen molar-refractivity contribution in [2.75, 3.05) is 11.5 Å². The molecule has 2 fully saturated rings. The minimum Gasteiger partial charge on any atom is -0.376 e. The highest BCUT2D eigenvalue weighted by Crippen LogP contribution is 2.69. The van der Waals surface area contributed by atoms with Crippen molar-refractivity contribution in [3.05, 3.63) is 142 Å². The van der Waals surface area contributed by atoms with Crippen LogP contribution in [0.2, 0.25) is 23.7 Å². The maximum atomic E-state index is 15.5. The molecule has 2 saturated carbocycles. The van der Waals surface area contributed by atoms with Crippen molar-refractivity contribution in [2.45, 2.75) is 114 Å². The second kappa shape index (κ2) is 15.8. The zero-order valence-electron chi connectivity index (χ0n) is 33.9. The van der Waals surface area contributed by atoms with Crippen LogP contribution >= 0.6 is 0 Å². The molecule has 1 heterocycles. The molecule has 9 atom stereocenters. The molecule has 302 valence electrons. The molecule has 0 amide bonds. The molecule has 0 saturated heterocycles. The maximum absolute atomic E-state index is 15.5. The van der Waals surface area contributed by atoms with Gasteiger partial charge in [-0.05, 0) is 92.1 Å². The summed E-state index contributed by atoms with van der Waals surface area (Å²) < 4.78 is 80.6. The number of nitrogens with zero attached hydrogens (tertiary/aromatic N) is 1. The predicted molar refractivity (Wildman–Crippen MR) is 223 cm³/mol. The summed E-state index contributed by atoms with van der Waals surface area (Å²) in [7, 11) is -2.31. The van der Waals surface area contributed by atoms with Crippen LogP contribution in [-0.2, 0) is 11.3 Å². The van der Waals surface area contributed by atoms with Crippen LogP contribution in [-0.4, -0.2) is 26.3 Å². The molecular weight excluding hydrogens is 742 g/mol. The number of anilines is 1. The van der Waals surface area contributed by atoms with E-state index in [4.69, 9.17) is 4.74 Å². The van der Waals surface area contributed by atoms with E-state index in [9.17, 15) is 13.2 Å². The van der Waals surface area contributed by atoms with Gasteiger partial charge in [-0.25, -0.2) is 22.0 Å². The summed E-state index contributed by atoms with van der Waals surface area (Å²) in [6, 6.07) is 18.0. The lowest BCUT2D eigenvalue weighted by molar-refractivity contribution is -0.00471. The van der Waals surface area contributed by atoms with Gasteiger partial charge in [0.2, 0.25) is 5.82 Å². The fourth-order valence-electron chi connectivity index (χ4n) is 11.9. The van der Waals surface area contributed by atoms with Crippen LogP contribution in [0.5, 0.6) is 0 Å². The fraction of sp³-hybridized carbons (Fsp3) is 0.469. The van der Waals surface area contributed by atoms with E-state index in [0.29, 0.717) is 22.9 Å². The van der Waals surface area contributed by atoms with Gasteiger partial charge in [0, 0.05) is 42.3 Å². The van der Waals surface area contributed by atoms with Gasteiger partial charge in [0.05, 0.1) is 13.7 Å². The van der Waals surface area contributed by atoms with Gasteiger partial charge in [0.1, 0.15) is 0 Å². The number of rotatable bonds is 12. The molecular formula is C49H56F5NOSi. The van der Waals surface area contributed by atoms with Crippen molar-refractivity contribution in [3.63, 3.8) is 0 Å². The molecule has 3 aromatic carbocycles. The lowest BCUT2D eigenvalue weighted by Gasteiger charge is -2.47. The normalized spacial score (nSPS) is 28.2. The monoisotopic (exact) mass is 797 g/mol. The number of unbranched alkanes of at least 4 members (excludes halogenated alkanes) is 3. The molecule has 0 bridgehead atoms. The summed E-state index contributed by atoms with van der Waals surface area (Å²) >= 11 is 0. The Hall–Kier alpha value is -3.75. The predicted octanol–water partition coefficient (Wildman–Crippen LogP) is 13.4. The molecule has 3 aromatic rings. The summed E-state index contributed by atoms with van der Waals surface area (Å²) in [6.45, 7) is 11.4. The first-order valence-electron chi connectivity index (χ1n) is 21.1. The quantitative estimate of drug-likeness (QED) is 0.0595.